The number of carbonyl (C=O) groups is 1. The number of hydrogen-bond acceptors (Lipinski definition) is 3. The number of benzene rings is 2. The fraction of sp³-hybridized carbons (Fsp3) is 0.483. The maximum Gasteiger partial charge on any atom is 0.266 e. The van der Waals surface area contributed by atoms with Gasteiger partial charge in [-0.1, -0.05) is 64.8 Å². The first-order valence-electron chi connectivity index (χ1n) is 12.7. The zero-order valence-electron chi connectivity index (χ0n) is 22.1. The lowest BCUT2D eigenvalue weighted by Crippen LogP contribution is -2.38. The van der Waals surface area contributed by atoms with E-state index >= 15 is 0 Å². The summed E-state index contributed by atoms with van der Waals surface area (Å²) in [5, 5.41) is 0.361. The lowest BCUT2D eigenvalue weighted by Gasteiger charge is -2.32. The third kappa shape index (κ3) is 6.52. The van der Waals surface area contributed by atoms with E-state index in [1.165, 1.54) is 22.8 Å². The average Bonchev–Trinajstić information content (AvgIpc) is 2.79. The Bertz CT molecular complexity index is 1280. The van der Waals surface area contributed by atoms with Crippen molar-refractivity contribution in [1.29, 1.82) is 0 Å². The van der Waals surface area contributed by atoms with Gasteiger partial charge in [0.05, 0.1) is 27.7 Å². The standard InChI is InChI=1S/C29H37ClFN3O2/c1-7-8-15-33(26(35)16-19(2)18-29(4,5)6)20(3)27-32-25-12-10-9-11-22(25)28(36)34(27)21-13-14-24(31)23(30)17-21/h9-14,17,19-20H,7-8,15-16,18H2,1-6H3. The zero-order valence-corrected chi connectivity index (χ0v) is 22.9. The third-order valence-electron chi connectivity index (χ3n) is 6.36. The molecule has 7 heteroatoms. The monoisotopic (exact) mass is 513 g/mol. The second kappa shape index (κ2) is 11.5. The molecule has 0 N–H and O–H groups in total. The molecule has 3 aromatic rings. The van der Waals surface area contributed by atoms with Gasteiger partial charge in [-0.2, -0.15) is 0 Å². The minimum atomic E-state index is -0.565. The summed E-state index contributed by atoms with van der Waals surface area (Å²) >= 11 is 6.08. The van der Waals surface area contributed by atoms with Crippen LogP contribution in [0.1, 0.15) is 79.1 Å². The Labute approximate surface area is 218 Å². The Morgan fingerprint density at radius 2 is 1.86 bits per heavy atom. The maximum absolute atomic E-state index is 14.0. The Kier molecular flexibility index (Phi) is 8.93. The van der Waals surface area contributed by atoms with Crippen LogP contribution in [0.3, 0.4) is 0 Å². The van der Waals surface area contributed by atoms with Gasteiger partial charge in [0.2, 0.25) is 5.91 Å². The number of nitrogens with zero attached hydrogens (tertiary/aromatic N) is 3. The highest BCUT2D eigenvalue weighted by molar-refractivity contribution is 6.30. The van der Waals surface area contributed by atoms with Crippen molar-refractivity contribution in [2.24, 2.45) is 11.3 Å². The summed E-state index contributed by atoms with van der Waals surface area (Å²) in [5.41, 5.74) is 0.810. The second-order valence-electron chi connectivity index (χ2n) is 10.9. The highest BCUT2D eigenvalue weighted by atomic mass is 35.5. The van der Waals surface area contributed by atoms with E-state index in [9.17, 15) is 14.0 Å². The third-order valence-corrected chi connectivity index (χ3v) is 6.65. The minimum absolute atomic E-state index is 0.0406. The molecule has 0 aliphatic heterocycles. The molecule has 0 saturated heterocycles. The van der Waals surface area contributed by atoms with Gasteiger partial charge in [0.15, 0.2) is 0 Å². The molecule has 2 unspecified atom stereocenters. The predicted molar refractivity (Wildman–Crippen MR) is 145 cm³/mol. The van der Waals surface area contributed by atoms with Crippen LogP contribution in [0.4, 0.5) is 4.39 Å². The van der Waals surface area contributed by atoms with Crippen LogP contribution in [-0.4, -0.2) is 26.9 Å². The zero-order chi connectivity index (χ0) is 26.6. The van der Waals surface area contributed by atoms with Gasteiger partial charge >= 0.3 is 0 Å². The minimum Gasteiger partial charge on any atom is -0.333 e. The molecule has 0 spiro atoms. The van der Waals surface area contributed by atoms with Crippen LogP contribution in [0, 0.1) is 17.2 Å². The number of para-hydroxylation sites is 1. The Balaban J connectivity index is 2.12. The SMILES string of the molecule is CCCCN(C(=O)CC(C)CC(C)(C)C)C(C)c1nc2ccccc2c(=O)n1-c1ccc(F)c(Cl)c1. The smallest absolute Gasteiger partial charge is 0.266 e. The molecule has 1 aromatic heterocycles. The van der Waals surface area contributed by atoms with Crippen molar-refractivity contribution in [2.75, 3.05) is 6.54 Å². The molecule has 0 aliphatic carbocycles. The highest BCUT2D eigenvalue weighted by Crippen LogP contribution is 2.29. The van der Waals surface area contributed by atoms with Crippen molar-refractivity contribution >= 4 is 28.4 Å². The summed E-state index contributed by atoms with van der Waals surface area (Å²) in [5.74, 6) is 0.119. The first-order chi connectivity index (χ1) is 16.9. The molecule has 5 nitrogen and oxygen atoms in total. The molecule has 1 amide bonds. The molecule has 1 heterocycles. The van der Waals surface area contributed by atoms with Crippen LogP contribution < -0.4 is 5.56 Å². The first-order valence-corrected chi connectivity index (χ1v) is 13.1. The van der Waals surface area contributed by atoms with E-state index < -0.39 is 11.9 Å². The van der Waals surface area contributed by atoms with Gasteiger partial charge in [0, 0.05) is 13.0 Å². The highest BCUT2D eigenvalue weighted by Gasteiger charge is 2.28. The lowest BCUT2D eigenvalue weighted by atomic mass is 9.84. The summed E-state index contributed by atoms with van der Waals surface area (Å²) < 4.78 is 15.4. The Morgan fingerprint density at radius 3 is 2.50 bits per heavy atom. The fourth-order valence-corrected chi connectivity index (χ4v) is 5.01. The molecule has 194 valence electrons. The van der Waals surface area contributed by atoms with Gasteiger partial charge in [-0.05, 0) is 61.4 Å². The van der Waals surface area contributed by atoms with Crippen molar-refractivity contribution in [3.05, 3.63) is 69.5 Å². The number of fused-ring (bicyclic) bond motifs is 1. The molecule has 0 aliphatic rings. The molecule has 2 aromatic carbocycles. The normalized spacial score (nSPS) is 13.6. The number of amides is 1. The molecule has 0 saturated carbocycles. The molecule has 36 heavy (non-hydrogen) atoms. The summed E-state index contributed by atoms with van der Waals surface area (Å²) in [7, 11) is 0. The van der Waals surface area contributed by atoms with Gasteiger partial charge in [-0.15, -0.1) is 0 Å². The molecule has 0 fully saturated rings. The summed E-state index contributed by atoms with van der Waals surface area (Å²) in [6.45, 7) is 13.2. The maximum atomic E-state index is 14.0. The van der Waals surface area contributed by atoms with Crippen molar-refractivity contribution in [2.45, 2.75) is 73.3 Å². The van der Waals surface area contributed by atoms with Gasteiger partial charge < -0.3 is 4.90 Å². The van der Waals surface area contributed by atoms with E-state index in [0.29, 0.717) is 35.4 Å². The van der Waals surface area contributed by atoms with Gasteiger partial charge in [-0.25, -0.2) is 9.37 Å². The van der Waals surface area contributed by atoms with E-state index in [1.54, 1.807) is 18.2 Å². The molecular weight excluding hydrogens is 477 g/mol. The number of rotatable bonds is 9. The molecule has 0 bridgehead atoms. The van der Waals surface area contributed by atoms with E-state index in [-0.39, 0.29) is 27.8 Å². The number of carbonyl (C=O) groups excluding carboxylic acids is 1. The molecule has 2 atom stereocenters. The summed E-state index contributed by atoms with van der Waals surface area (Å²) in [6, 6.07) is 10.8. The average molecular weight is 514 g/mol. The van der Waals surface area contributed by atoms with Gasteiger partial charge in [0.25, 0.3) is 5.56 Å². The van der Waals surface area contributed by atoms with Crippen LogP contribution >= 0.6 is 11.6 Å². The van der Waals surface area contributed by atoms with Gasteiger partial charge in [0.1, 0.15) is 11.6 Å². The second-order valence-corrected chi connectivity index (χ2v) is 11.3. The predicted octanol–water partition coefficient (Wildman–Crippen LogP) is 7.33. The van der Waals surface area contributed by atoms with Crippen molar-refractivity contribution in [3.63, 3.8) is 0 Å². The van der Waals surface area contributed by atoms with Crippen LogP contribution in [0.5, 0.6) is 0 Å². The van der Waals surface area contributed by atoms with Crippen LogP contribution in [0.25, 0.3) is 16.6 Å². The van der Waals surface area contributed by atoms with Crippen molar-refractivity contribution in [1.82, 2.24) is 14.5 Å². The Morgan fingerprint density at radius 1 is 1.17 bits per heavy atom. The van der Waals surface area contributed by atoms with E-state index in [1.807, 2.05) is 17.9 Å². The van der Waals surface area contributed by atoms with Crippen LogP contribution in [0.2, 0.25) is 5.02 Å². The number of aromatic nitrogens is 2. The number of halogens is 2. The van der Waals surface area contributed by atoms with Crippen molar-refractivity contribution < 1.29 is 9.18 Å². The Hall–Kier alpha value is -2.73. The summed E-state index contributed by atoms with van der Waals surface area (Å²) in [4.78, 5) is 34.0. The largest absolute Gasteiger partial charge is 0.333 e. The number of unbranched alkanes of at least 4 members (excludes halogenated alkanes) is 1. The van der Waals surface area contributed by atoms with E-state index in [4.69, 9.17) is 16.6 Å². The van der Waals surface area contributed by atoms with E-state index in [0.717, 1.165) is 19.3 Å². The van der Waals surface area contributed by atoms with E-state index in [2.05, 4.69) is 34.6 Å². The summed E-state index contributed by atoms with van der Waals surface area (Å²) in [6.07, 6.45) is 3.12. The quantitative estimate of drug-likeness (QED) is 0.301. The van der Waals surface area contributed by atoms with Gasteiger partial charge in [-0.3, -0.25) is 14.2 Å². The fourth-order valence-electron chi connectivity index (χ4n) is 4.84. The molecule has 3 rings (SSSR count). The molecular formula is C29H37ClFN3O2. The number of hydrogen-bond donors (Lipinski definition) is 0. The van der Waals surface area contributed by atoms with Crippen LogP contribution in [-0.2, 0) is 4.79 Å². The molecule has 0 radical (unpaired) electrons. The lowest BCUT2D eigenvalue weighted by molar-refractivity contribution is -0.134. The topological polar surface area (TPSA) is 55.2 Å². The van der Waals surface area contributed by atoms with Crippen LogP contribution in [0.15, 0.2) is 47.3 Å². The first kappa shape index (κ1) is 27.9. The van der Waals surface area contributed by atoms with Crippen molar-refractivity contribution in [3.8, 4) is 5.69 Å².